The Hall–Kier alpha value is -2.14. The fourth-order valence-corrected chi connectivity index (χ4v) is 3.47. The van der Waals surface area contributed by atoms with Crippen LogP contribution in [0, 0.1) is 13.8 Å². The number of carbonyl (C=O) groups excluding carboxylic acids is 1. The molecule has 1 aromatic carbocycles. The van der Waals surface area contributed by atoms with Crippen molar-refractivity contribution in [3.8, 4) is 0 Å². The van der Waals surface area contributed by atoms with Gasteiger partial charge >= 0.3 is 0 Å². The molecule has 2 heterocycles. The number of H-pyrrole nitrogens is 1. The molecule has 24 heavy (non-hydrogen) atoms. The summed E-state index contributed by atoms with van der Waals surface area (Å²) in [6.45, 7) is 6.49. The molecule has 2 aromatic rings. The van der Waals surface area contributed by atoms with Crippen molar-refractivity contribution in [2.45, 2.75) is 32.7 Å². The minimum atomic E-state index is 0.240. The van der Waals surface area contributed by atoms with Crippen LogP contribution in [0.2, 0.25) is 0 Å². The number of aryl methyl sites for hydroxylation is 2. The van der Waals surface area contributed by atoms with Crippen molar-refractivity contribution in [3.05, 3.63) is 52.8 Å². The Balaban J connectivity index is 1.63. The van der Waals surface area contributed by atoms with Crippen LogP contribution in [0.1, 0.15) is 35.0 Å². The van der Waals surface area contributed by atoms with Gasteiger partial charge in [-0.3, -0.25) is 14.8 Å². The van der Waals surface area contributed by atoms with Crippen LogP contribution >= 0.6 is 0 Å². The summed E-state index contributed by atoms with van der Waals surface area (Å²) in [7, 11) is 2.14. The third-order valence-electron chi connectivity index (χ3n) is 5.05. The average Bonchev–Trinajstić information content (AvgIpc) is 2.92. The van der Waals surface area contributed by atoms with Gasteiger partial charge in [-0.2, -0.15) is 5.10 Å². The van der Waals surface area contributed by atoms with E-state index in [9.17, 15) is 4.79 Å². The molecule has 128 valence electrons. The highest BCUT2D eigenvalue weighted by atomic mass is 16.2. The number of likely N-dealkylation sites (N-methyl/N-ethyl adjacent to an activating group) is 1. The van der Waals surface area contributed by atoms with Gasteiger partial charge in [-0.15, -0.1) is 0 Å². The molecule has 1 saturated heterocycles. The molecule has 0 bridgehead atoms. The number of hydrogen-bond acceptors (Lipinski definition) is 3. The lowest BCUT2D eigenvalue weighted by Crippen LogP contribution is -2.49. The van der Waals surface area contributed by atoms with E-state index in [1.165, 1.54) is 11.1 Å². The molecule has 1 unspecified atom stereocenters. The Labute approximate surface area is 143 Å². The molecule has 0 saturated carbocycles. The van der Waals surface area contributed by atoms with Crippen LogP contribution in [-0.4, -0.2) is 52.6 Å². The van der Waals surface area contributed by atoms with Gasteiger partial charge < -0.3 is 4.90 Å². The van der Waals surface area contributed by atoms with Crippen LogP contribution in [0.25, 0.3) is 0 Å². The standard InChI is InChI=1S/C19H26N4O/c1-14-17(15(2)21-20-14)9-10-19(24)23-12-11-22(3)18(13-23)16-7-5-4-6-8-16/h4-8,18H,9-13H2,1-3H3,(H,20,21). The second-order valence-corrected chi connectivity index (χ2v) is 6.66. The largest absolute Gasteiger partial charge is 0.339 e. The number of benzene rings is 1. The van der Waals surface area contributed by atoms with Gasteiger partial charge in [-0.1, -0.05) is 30.3 Å². The zero-order valence-electron chi connectivity index (χ0n) is 14.7. The van der Waals surface area contributed by atoms with E-state index in [0.29, 0.717) is 6.42 Å². The second-order valence-electron chi connectivity index (χ2n) is 6.66. The molecule has 0 spiro atoms. The highest BCUT2D eigenvalue weighted by Crippen LogP contribution is 2.24. The van der Waals surface area contributed by atoms with Crippen LogP contribution in [-0.2, 0) is 11.2 Å². The number of piperazine rings is 1. The number of nitrogens with one attached hydrogen (secondary N) is 1. The zero-order valence-corrected chi connectivity index (χ0v) is 14.7. The molecule has 0 radical (unpaired) electrons. The zero-order chi connectivity index (χ0) is 17.1. The third-order valence-corrected chi connectivity index (χ3v) is 5.05. The summed E-state index contributed by atoms with van der Waals surface area (Å²) < 4.78 is 0. The van der Waals surface area contributed by atoms with Gasteiger partial charge in [0, 0.05) is 31.7 Å². The van der Waals surface area contributed by atoms with Gasteiger partial charge in [-0.05, 0) is 38.4 Å². The first-order chi connectivity index (χ1) is 11.6. The topological polar surface area (TPSA) is 52.2 Å². The highest BCUT2D eigenvalue weighted by molar-refractivity contribution is 5.76. The highest BCUT2D eigenvalue weighted by Gasteiger charge is 2.28. The Kier molecular flexibility index (Phi) is 5.00. The van der Waals surface area contributed by atoms with Crippen molar-refractivity contribution in [2.24, 2.45) is 0 Å². The van der Waals surface area contributed by atoms with E-state index in [0.717, 1.165) is 37.4 Å². The predicted molar refractivity (Wildman–Crippen MR) is 94.8 cm³/mol. The van der Waals surface area contributed by atoms with Crippen LogP contribution in [0.4, 0.5) is 0 Å². The van der Waals surface area contributed by atoms with Crippen molar-refractivity contribution < 1.29 is 4.79 Å². The van der Waals surface area contributed by atoms with Crippen molar-refractivity contribution >= 4 is 5.91 Å². The maximum absolute atomic E-state index is 12.7. The Morgan fingerprint density at radius 2 is 2.00 bits per heavy atom. The maximum atomic E-state index is 12.7. The molecule has 5 nitrogen and oxygen atoms in total. The smallest absolute Gasteiger partial charge is 0.223 e. The van der Waals surface area contributed by atoms with E-state index in [2.05, 4.69) is 46.4 Å². The van der Waals surface area contributed by atoms with Crippen molar-refractivity contribution in [3.63, 3.8) is 0 Å². The Morgan fingerprint density at radius 1 is 1.25 bits per heavy atom. The minimum Gasteiger partial charge on any atom is -0.339 e. The van der Waals surface area contributed by atoms with E-state index in [4.69, 9.17) is 0 Å². The summed E-state index contributed by atoms with van der Waals surface area (Å²) >= 11 is 0. The number of aromatic nitrogens is 2. The molecule has 5 heteroatoms. The monoisotopic (exact) mass is 326 g/mol. The average molecular weight is 326 g/mol. The number of amides is 1. The lowest BCUT2D eigenvalue weighted by molar-refractivity contribution is -0.134. The molecular formula is C19H26N4O. The van der Waals surface area contributed by atoms with E-state index in [-0.39, 0.29) is 11.9 Å². The minimum absolute atomic E-state index is 0.240. The summed E-state index contributed by atoms with van der Waals surface area (Å²) in [6, 6.07) is 10.7. The molecule has 3 rings (SSSR count). The number of carbonyl (C=O) groups is 1. The summed E-state index contributed by atoms with van der Waals surface area (Å²) in [5.41, 5.74) is 4.53. The molecule has 1 aromatic heterocycles. The van der Waals surface area contributed by atoms with Crippen LogP contribution < -0.4 is 0 Å². The third kappa shape index (κ3) is 3.51. The molecule has 1 amide bonds. The summed E-state index contributed by atoms with van der Waals surface area (Å²) in [4.78, 5) is 17.0. The molecule has 1 aliphatic rings. The van der Waals surface area contributed by atoms with Gasteiger partial charge in [0.2, 0.25) is 5.91 Å². The second kappa shape index (κ2) is 7.18. The number of hydrogen-bond donors (Lipinski definition) is 1. The Morgan fingerprint density at radius 3 is 2.67 bits per heavy atom. The predicted octanol–water partition coefficient (Wildman–Crippen LogP) is 2.47. The van der Waals surface area contributed by atoms with Crippen molar-refractivity contribution in [1.82, 2.24) is 20.0 Å². The Bertz CT molecular complexity index is 675. The van der Waals surface area contributed by atoms with Crippen LogP contribution in [0.5, 0.6) is 0 Å². The van der Waals surface area contributed by atoms with Gasteiger partial charge in [0.05, 0.1) is 11.7 Å². The van der Waals surface area contributed by atoms with E-state index >= 15 is 0 Å². The van der Waals surface area contributed by atoms with E-state index in [1.54, 1.807) is 0 Å². The van der Waals surface area contributed by atoms with Crippen molar-refractivity contribution in [1.29, 1.82) is 0 Å². The maximum Gasteiger partial charge on any atom is 0.223 e. The molecular weight excluding hydrogens is 300 g/mol. The number of rotatable bonds is 4. The molecule has 1 atom stereocenters. The quantitative estimate of drug-likeness (QED) is 0.939. The van der Waals surface area contributed by atoms with Crippen molar-refractivity contribution in [2.75, 3.05) is 26.7 Å². The fourth-order valence-electron chi connectivity index (χ4n) is 3.47. The molecule has 1 fully saturated rings. The summed E-state index contributed by atoms with van der Waals surface area (Å²) in [5, 5.41) is 7.20. The van der Waals surface area contributed by atoms with E-state index < -0.39 is 0 Å². The molecule has 1 aliphatic heterocycles. The molecule has 0 aliphatic carbocycles. The van der Waals surface area contributed by atoms with Crippen LogP contribution in [0.3, 0.4) is 0 Å². The van der Waals surface area contributed by atoms with Gasteiger partial charge in [0.15, 0.2) is 0 Å². The van der Waals surface area contributed by atoms with Gasteiger partial charge in [-0.25, -0.2) is 0 Å². The first kappa shape index (κ1) is 16.7. The number of aromatic amines is 1. The lowest BCUT2D eigenvalue weighted by Gasteiger charge is -2.39. The first-order valence-electron chi connectivity index (χ1n) is 8.59. The summed E-state index contributed by atoms with van der Waals surface area (Å²) in [6.07, 6.45) is 1.31. The summed E-state index contributed by atoms with van der Waals surface area (Å²) in [5.74, 6) is 0.240. The fraction of sp³-hybridized carbons (Fsp3) is 0.474. The first-order valence-corrected chi connectivity index (χ1v) is 8.59. The van der Waals surface area contributed by atoms with Crippen LogP contribution in [0.15, 0.2) is 30.3 Å². The van der Waals surface area contributed by atoms with Gasteiger partial charge in [0.25, 0.3) is 0 Å². The van der Waals surface area contributed by atoms with Gasteiger partial charge in [0.1, 0.15) is 0 Å². The SMILES string of the molecule is Cc1n[nH]c(C)c1CCC(=O)N1CCN(C)C(c2ccccc2)C1. The lowest BCUT2D eigenvalue weighted by atomic mass is 10.0. The molecule has 1 N–H and O–H groups in total. The van der Waals surface area contributed by atoms with E-state index in [1.807, 2.05) is 24.8 Å². The number of nitrogens with zero attached hydrogens (tertiary/aromatic N) is 3. The normalized spacial score (nSPS) is 18.8.